The van der Waals surface area contributed by atoms with E-state index in [0.717, 1.165) is 37.1 Å². The van der Waals surface area contributed by atoms with Crippen molar-refractivity contribution >= 4 is 11.8 Å². The molecule has 132 valence electrons. The lowest BCUT2D eigenvalue weighted by atomic mass is 10.0. The number of pyridine rings is 1. The van der Waals surface area contributed by atoms with Gasteiger partial charge in [-0.3, -0.25) is 4.98 Å². The van der Waals surface area contributed by atoms with Crippen molar-refractivity contribution in [1.82, 2.24) is 10.3 Å². The Hall–Kier alpha value is -2.63. The molecule has 1 unspecified atom stereocenters. The summed E-state index contributed by atoms with van der Waals surface area (Å²) >= 11 is 0. The number of carbonyl (C=O) groups is 1. The van der Waals surface area contributed by atoms with E-state index in [1.54, 1.807) is 18.5 Å². The molecule has 1 aliphatic rings. The molecule has 5 nitrogen and oxygen atoms in total. The Balaban J connectivity index is 1.92. The molecule has 1 atom stereocenters. The topological polar surface area (TPSA) is 54.5 Å². The third-order valence-corrected chi connectivity index (χ3v) is 4.50. The SMILES string of the molecule is CCCC(c1ccncc1)N1CCc2cc(OC(=O)NC)c(F)cc21. The van der Waals surface area contributed by atoms with Crippen LogP contribution in [-0.4, -0.2) is 24.7 Å². The molecule has 1 aliphatic heterocycles. The molecule has 1 amide bonds. The van der Waals surface area contributed by atoms with Crippen molar-refractivity contribution in [3.63, 3.8) is 0 Å². The van der Waals surface area contributed by atoms with Gasteiger partial charge < -0.3 is 15.0 Å². The Bertz CT molecular complexity index is 752. The Morgan fingerprint density at radius 2 is 2.16 bits per heavy atom. The predicted octanol–water partition coefficient (Wildman–Crippen LogP) is 3.84. The van der Waals surface area contributed by atoms with Gasteiger partial charge in [0, 0.05) is 37.7 Å². The number of anilines is 1. The van der Waals surface area contributed by atoms with Gasteiger partial charge in [-0.2, -0.15) is 0 Å². The lowest BCUT2D eigenvalue weighted by molar-refractivity contribution is 0.201. The normalized spacial score (nSPS) is 14.1. The molecule has 3 rings (SSSR count). The van der Waals surface area contributed by atoms with Gasteiger partial charge >= 0.3 is 6.09 Å². The molecule has 1 N–H and O–H groups in total. The molecule has 25 heavy (non-hydrogen) atoms. The molecule has 0 fully saturated rings. The Morgan fingerprint density at radius 3 is 2.84 bits per heavy atom. The summed E-state index contributed by atoms with van der Waals surface area (Å²) in [6.45, 7) is 2.96. The summed E-state index contributed by atoms with van der Waals surface area (Å²) in [5.74, 6) is -0.560. The number of amides is 1. The first-order valence-corrected chi connectivity index (χ1v) is 8.52. The third kappa shape index (κ3) is 3.57. The number of benzene rings is 1. The minimum absolute atomic E-state index is 0.0316. The van der Waals surface area contributed by atoms with Crippen LogP contribution in [0, 0.1) is 5.82 Å². The summed E-state index contributed by atoms with van der Waals surface area (Å²) < 4.78 is 19.4. The fourth-order valence-corrected chi connectivity index (χ4v) is 3.33. The number of nitrogens with zero attached hydrogens (tertiary/aromatic N) is 2. The Labute approximate surface area is 146 Å². The monoisotopic (exact) mass is 343 g/mol. The van der Waals surface area contributed by atoms with Gasteiger partial charge in [0.05, 0.1) is 6.04 Å². The van der Waals surface area contributed by atoms with Gasteiger partial charge in [-0.05, 0) is 42.2 Å². The minimum atomic E-state index is -0.672. The van der Waals surface area contributed by atoms with Crippen LogP contribution in [0.2, 0.25) is 0 Å². The molecule has 0 saturated heterocycles. The molecule has 6 heteroatoms. The van der Waals surface area contributed by atoms with E-state index in [4.69, 9.17) is 4.74 Å². The molecule has 1 aromatic heterocycles. The highest BCUT2D eigenvalue weighted by atomic mass is 19.1. The molecule has 2 aromatic rings. The third-order valence-electron chi connectivity index (χ3n) is 4.50. The van der Waals surface area contributed by atoms with Crippen molar-refractivity contribution in [2.75, 3.05) is 18.5 Å². The smallest absolute Gasteiger partial charge is 0.407 e. The van der Waals surface area contributed by atoms with E-state index < -0.39 is 11.9 Å². The zero-order valence-electron chi connectivity index (χ0n) is 14.5. The maximum Gasteiger partial charge on any atom is 0.412 e. The fraction of sp³-hybridized carbons (Fsp3) is 0.368. The summed E-state index contributed by atoms with van der Waals surface area (Å²) in [4.78, 5) is 17.7. The first-order chi connectivity index (χ1) is 12.1. The van der Waals surface area contributed by atoms with Crippen molar-refractivity contribution in [3.8, 4) is 5.75 Å². The maximum atomic E-state index is 14.4. The van der Waals surface area contributed by atoms with E-state index in [0.29, 0.717) is 0 Å². The second-order valence-electron chi connectivity index (χ2n) is 6.08. The van der Waals surface area contributed by atoms with Crippen LogP contribution in [0.4, 0.5) is 14.9 Å². The molecular formula is C19H22FN3O2. The van der Waals surface area contributed by atoms with Gasteiger partial charge in [-0.25, -0.2) is 9.18 Å². The van der Waals surface area contributed by atoms with E-state index in [-0.39, 0.29) is 11.8 Å². The quantitative estimate of drug-likeness (QED) is 0.896. The molecular weight excluding hydrogens is 321 g/mol. The van der Waals surface area contributed by atoms with E-state index in [1.807, 2.05) is 12.1 Å². The fourth-order valence-electron chi connectivity index (χ4n) is 3.33. The van der Waals surface area contributed by atoms with E-state index >= 15 is 0 Å². The van der Waals surface area contributed by atoms with Crippen LogP contribution < -0.4 is 15.0 Å². The molecule has 1 aromatic carbocycles. The highest BCUT2D eigenvalue weighted by molar-refractivity contribution is 5.71. The van der Waals surface area contributed by atoms with Gasteiger partial charge in [0.25, 0.3) is 0 Å². The first kappa shape index (κ1) is 17.2. The average Bonchev–Trinajstić information content (AvgIpc) is 3.03. The number of aromatic nitrogens is 1. The molecule has 2 heterocycles. The van der Waals surface area contributed by atoms with E-state index in [2.05, 4.69) is 22.1 Å². The van der Waals surface area contributed by atoms with Crippen LogP contribution in [0.3, 0.4) is 0 Å². The molecule has 0 spiro atoms. The zero-order valence-corrected chi connectivity index (χ0v) is 14.5. The van der Waals surface area contributed by atoms with Crippen LogP contribution in [0.1, 0.15) is 36.9 Å². The van der Waals surface area contributed by atoms with Crippen LogP contribution in [0.5, 0.6) is 5.75 Å². The zero-order chi connectivity index (χ0) is 17.8. The largest absolute Gasteiger partial charge is 0.412 e. The van der Waals surface area contributed by atoms with Crippen molar-refractivity contribution in [1.29, 1.82) is 0 Å². The number of hydrogen-bond donors (Lipinski definition) is 1. The number of rotatable bonds is 5. The molecule has 0 bridgehead atoms. The van der Waals surface area contributed by atoms with E-state index in [9.17, 15) is 9.18 Å². The second-order valence-corrected chi connectivity index (χ2v) is 6.08. The summed E-state index contributed by atoms with van der Waals surface area (Å²) in [5, 5.41) is 2.33. The molecule has 0 saturated carbocycles. The number of fused-ring (bicyclic) bond motifs is 1. The highest BCUT2D eigenvalue weighted by Crippen LogP contribution is 2.40. The Morgan fingerprint density at radius 1 is 1.40 bits per heavy atom. The first-order valence-electron chi connectivity index (χ1n) is 8.52. The number of nitrogens with one attached hydrogen (secondary N) is 1. The summed E-state index contributed by atoms with van der Waals surface area (Å²) in [6.07, 6.45) is 5.70. The predicted molar refractivity (Wildman–Crippen MR) is 94.4 cm³/mol. The molecule has 0 radical (unpaired) electrons. The van der Waals surface area contributed by atoms with E-state index in [1.165, 1.54) is 18.7 Å². The number of hydrogen-bond acceptors (Lipinski definition) is 4. The van der Waals surface area contributed by atoms with Crippen LogP contribution >= 0.6 is 0 Å². The summed E-state index contributed by atoms with van der Waals surface area (Å²) in [6, 6.07) is 7.31. The minimum Gasteiger partial charge on any atom is -0.407 e. The van der Waals surface area contributed by atoms with Crippen LogP contribution in [-0.2, 0) is 6.42 Å². The van der Waals surface area contributed by atoms with Crippen LogP contribution in [0.25, 0.3) is 0 Å². The van der Waals surface area contributed by atoms with Crippen molar-refractivity contribution in [3.05, 3.63) is 53.6 Å². The van der Waals surface area contributed by atoms with Gasteiger partial charge in [-0.15, -0.1) is 0 Å². The summed E-state index contributed by atoms with van der Waals surface area (Å²) in [5.41, 5.74) is 3.04. The van der Waals surface area contributed by atoms with Gasteiger partial charge in [0.1, 0.15) is 0 Å². The molecule has 0 aliphatic carbocycles. The van der Waals surface area contributed by atoms with Crippen molar-refractivity contribution in [2.24, 2.45) is 0 Å². The van der Waals surface area contributed by atoms with Gasteiger partial charge in [-0.1, -0.05) is 13.3 Å². The Kier molecular flexibility index (Phi) is 5.16. The highest BCUT2D eigenvalue weighted by Gasteiger charge is 2.28. The van der Waals surface area contributed by atoms with Crippen LogP contribution in [0.15, 0.2) is 36.7 Å². The average molecular weight is 343 g/mol. The summed E-state index contributed by atoms with van der Waals surface area (Å²) in [7, 11) is 1.44. The maximum absolute atomic E-state index is 14.4. The van der Waals surface area contributed by atoms with Gasteiger partial charge in [0.2, 0.25) is 0 Å². The number of halogens is 1. The second kappa shape index (κ2) is 7.51. The standard InChI is InChI=1S/C19H22FN3O2/c1-3-4-16(13-5-8-22-9-6-13)23-10-7-14-11-18(25-19(24)21-2)15(20)12-17(14)23/h5-6,8-9,11-12,16H,3-4,7,10H2,1-2H3,(H,21,24). The van der Waals surface area contributed by atoms with Crippen molar-refractivity contribution in [2.45, 2.75) is 32.2 Å². The van der Waals surface area contributed by atoms with Gasteiger partial charge in [0.15, 0.2) is 11.6 Å². The lowest BCUT2D eigenvalue weighted by Crippen LogP contribution is -2.27. The number of ether oxygens (including phenoxy) is 1. The number of carbonyl (C=O) groups excluding carboxylic acids is 1. The lowest BCUT2D eigenvalue weighted by Gasteiger charge is -2.31. The van der Waals surface area contributed by atoms with Crippen molar-refractivity contribution < 1.29 is 13.9 Å².